The van der Waals surface area contributed by atoms with Crippen LogP contribution in [0.2, 0.25) is 5.15 Å². The molecule has 4 rings (SSSR count). The van der Waals surface area contributed by atoms with Gasteiger partial charge in [-0.3, -0.25) is 0 Å². The van der Waals surface area contributed by atoms with Crippen molar-refractivity contribution < 1.29 is 5.11 Å². The molecule has 2 aromatic rings. The molecule has 4 atom stereocenters. The molecular formula is C13H12Cl2N4O. The Morgan fingerprint density at radius 3 is 2.95 bits per heavy atom. The molecule has 4 unspecified atom stereocenters. The average molecular weight is 311 g/mol. The third kappa shape index (κ3) is 1.57. The van der Waals surface area contributed by atoms with E-state index in [-0.39, 0.29) is 17.9 Å². The predicted octanol–water partition coefficient (Wildman–Crippen LogP) is 2.20. The maximum absolute atomic E-state index is 10.6. The molecule has 7 heteroatoms. The first kappa shape index (κ1) is 12.6. The lowest BCUT2D eigenvalue weighted by atomic mass is 9.93. The van der Waals surface area contributed by atoms with Gasteiger partial charge in [-0.15, -0.1) is 11.6 Å². The number of hydrogen-bond donors (Lipinski definition) is 1. The fraction of sp³-hybridized carbons (Fsp3) is 0.462. The summed E-state index contributed by atoms with van der Waals surface area (Å²) in [4.78, 5) is 12.4. The molecule has 0 saturated heterocycles. The van der Waals surface area contributed by atoms with Gasteiger partial charge in [0, 0.05) is 17.7 Å². The molecule has 1 saturated carbocycles. The highest BCUT2D eigenvalue weighted by Crippen LogP contribution is 2.50. The number of aliphatic hydroxyl groups excluding tert-OH is 1. The lowest BCUT2D eigenvalue weighted by Crippen LogP contribution is -2.30. The number of fused-ring (bicyclic) bond motifs is 3. The van der Waals surface area contributed by atoms with Crippen LogP contribution in [0.25, 0.3) is 11.2 Å². The highest BCUT2D eigenvalue weighted by molar-refractivity contribution is 6.33. The minimum Gasteiger partial charge on any atom is -0.390 e. The molecule has 1 fully saturated rings. The smallest absolute Gasteiger partial charge is 0.165 e. The van der Waals surface area contributed by atoms with Gasteiger partial charge in [0.2, 0.25) is 0 Å². The van der Waals surface area contributed by atoms with Crippen molar-refractivity contribution in [3.63, 3.8) is 0 Å². The van der Waals surface area contributed by atoms with Crippen LogP contribution in [-0.4, -0.2) is 36.6 Å². The van der Waals surface area contributed by atoms with E-state index in [2.05, 4.69) is 21.0 Å². The maximum atomic E-state index is 10.6. The molecule has 2 bridgehead atoms. The first-order chi connectivity index (χ1) is 9.70. The van der Waals surface area contributed by atoms with Crippen LogP contribution in [0, 0.1) is 11.8 Å². The predicted molar refractivity (Wildman–Crippen MR) is 75.8 cm³/mol. The highest BCUT2D eigenvalue weighted by atomic mass is 35.5. The molecule has 2 aliphatic carbocycles. The molecule has 0 aliphatic heterocycles. The lowest BCUT2D eigenvalue weighted by Gasteiger charge is -2.27. The van der Waals surface area contributed by atoms with Crippen molar-refractivity contribution in [2.45, 2.75) is 18.6 Å². The molecule has 0 spiro atoms. The molecule has 2 aromatic heterocycles. The first-order valence-electron chi connectivity index (χ1n) is 6.48. The van der Waals surface area contributed by atoms with E-state index in [1.807, 2.05) is 4.57 Å². The van der Waals surface area contributed by atoms with E-state index in [1.54, 1.807) is 6.33 Å². The summed E-state index contributed by atoms with van der Waals surface area (Å²) in [5, 5.41) is 10.9. The second-order valence-corrected chi connectivity index (χ2v) is 5.98. The zero-order valence-electron chi connectivity index (χ0n) is 10.4. The van der Waals surface area contributed by atoms with Crippen LogP contribution >= 0.6 is 23.2 Å². The van der Waals surface area contributed by atoms with E-state index < -0.39 is 6.10 Å². The number of hydrogen-bond acceptors (Lipinski definition) is 4. The van der Waals surface area contributed by atoms with Crippen molar-refractivity contribution in [2.24, 2.45) is 11.8 Å². The zero-order chi connectivity index (χ0) is 13.9. The van der Waals surface area contributed by atoms with Crippen LogP contribution in [0.3, 0.4) is 0 Å². The second kappa shape index (κ2) is 4.41. The second-order valence-electron chi connectivity index (χ2n) is 5.35. The number of alkyl halides is 1. The van der Waals surface area contributed by atoms with Crippen LogP contribution in [0.4, 0.5) is 0 Å². The Balaban J connectivity index is 1.82. The van der Waals surface area contributed by atoms with Gasteiger partial charge in [0.15, 0.2) is 10.8 Å². The Kier molecular flexibility index (Phi) is 2.77. The van der Waals surface area contributed by atoms with Crippen LogP contribution in [-0.2, 0) is 0 Å². The molecule has 20 heavy (non-hydrogen) atoms. The Morgan fingerprint density at radius 1 is 1.35 bits per heavy atom. The number of rotatable bonds is 2. The van der Waals surface area contributed by atoms with E-state index >= 15 is 0 Å². The molecule has 5 nitrogen and oxygen atoms in total. The summed E-state index contributed by atoms with van der Waals surface area (Å²) in [5.41, 5.74) is 2.39. The van der Waals surface area contributed by atoms with E-state index in [0.717, 1.165) is 12.0 Å². The Bertz CT molecular complexity index is 713. The summed E-state index contributed by atoms with van der Waals surface area (Å²) in [7, 11) is 0. The van der Waals surface area contributed by atoms with Gasteiger partial charge in [-0.1, -0.05) is 23.3 Å². The number of imidazole rings is 1. The lowest BCUT2D eigenvalue weighted by molar-refractivity contribution is 0.0982. The molecule has 104 valence electrons. The Labute approximate surface area is 125 Å². The molecular weight excluding hydrogens is 299 g/mol. The SMILES string of the molecule is OC1C2CC(C=C2CCl)C1n1cnc2c(Cl)ncnc21. The third-order valence-corrected chi connectivity index (χ3v) is 5.01. The summed E-state index contributed by atoms with van der Waals surface area (Å²) in [5.74, 6) is 0.913. The molecule has 0 radical (unpaired) electrons. The van der Waals surface area contributed by atoms with E-state index in [9.17, 15) is 5.11 Å². The standard InChI is InChI=1S/C13H12Cl2N4O/c14-3-7-1-6-2-8(7)11(20)10(6)19-5-18-9-12(15)16-4-17-13(9)19/h1,4-6,8,10-11,20H,2-3H2. The van der Waals surface area contributed by atoms with Crippen LogP contribution < -0.4 is 0 Å². The van der Waals surface area contributed by atoms with Gasteiger partial charge in [-0.2, -0.15) is 0 Å². The third-order valence-electron chi connectivity index (χ3n) is 4.42. The van der Waals surface area contributed by atoms with Crippen molar-refractivity contribution in [1.29, 1.82) is 0 Å². The molecule has 1 N–H and O–H groups in total. The summed E-state index contributed by atoms with van der Waals surface area (Å²) in [6.07, 6.45) is 5.77. The number of halogens is 2. The van der Waals surface area contributed by atoms with E-state index in [4.69, 9.17) is 23.2 Å². The average Bonchev–Trinajstić information content (AvgIpc) is 3.11. The van der Waals surface area contributed by atoms with Gasteiger partial charge in [0.05, 0.1) is 18.5 Å². The number of nitrogens with zero attached hydrogens (tertiary/aromatic N) is 4. The van der Waals surface area contributed by atoms with Crippen molar-refractivity contribution in [1.82, 2.24) is 19.5 Å². The van der Waals surface area contributed by atoms with Gasteiger partial charge in [0.1, 0.15) is 11.8 Å². The van der Waals surface area contributed by atoms with Crippen molar-refractivity contribution in [3.05, 3.63) is 29.5 Å². The Hall–Kier alpha value is -1.17. The molecule has 2 aliphatic rings. The molecule has 2 heterocycles. The highest BCUT2D eigenvalue weighted by Gasteiger charge is 2.48. The van der Waals surface area contributed by atoms with Crippen LogP contribution in [0.1, 0.15) is 12.5 Å². The zero-order valence-corrected chi connectivity index (χ0v) is 12.0. The van der Waals surface area contributed by atoms with Crippen LogP contribution in [0.15, 0.2) is 24.3 Å². The number of aromatic nitrogens is 4. The number of aliphatic hydroxyl groups is 1. The minimum atomic E-state index is -0.454. The maximum Gasteiger partial charge on any atom is 0.165 e. The Morgan fingerprint density at radius 2 is 2.20 bits per heavy atom. The summed E-state index contributed by atoms with van der Waals surface area (Å²) >= 11 is 11.9. The topological polar surface area (TPSA) is 63.8 Å². The van der Waals surface area contributed by atoms with Crippen LogP contribution in [0.5, 0.6) is 0 Å². The van der Waals surface area contributed by atoms with Gasteiger partial charge in [-0.05, 0) is 6.42 Å². The van der Waals surface area contributed by atoms with Gasteiger partial charge in [-0.25, -0.2) is 15.0 Å². The summed E-state index contributed by atoms with van der Waals surface area (Å²) in [6.45, 7) is 0. The van der Waals surface area contributed by atoms with Crippen molar-refractivity contribution >= 4 is 34.4 Å². The van der Waals surface area contributed by atoms with Crippen molar-refractivity contribution in [2.75, 3.05) is 5.88 Å². The summed E-state index contributed by atoms with van der Waals surface area (Å²) < 4.78 is 1.92. The number of allylic oxidation sites excluding steroid dienone is 1. The monoisotopic (exact) mass is 310 g/mol. The minimum absolute atomic E-state index is 0.0528. The molecule has 0 aromatic carbocycles. The quantitative estimate of drug-likeness (QED) is 0.525. The first-order valence-corrected chi connectivity index (χ1v) is 7.39. The van der Waals surface area contributed by atoms with E-state index in [0.29, 0.717) is 22.2 Å². The van der Waals surface area contributed by atoms with Gasteiger partial charge >= 0.3 is 0 Å². The fourth-order valence-electron chi connectivity index (χ4n) is 3.56. The largest absolute Gasteiger partial charge is 0.390 e. The normalized spacial score (nSPS) is 32.0. The van der Waals surface area contributed by atoms with Gasteiger partial charge in [0.25, 0.3) is 0 Å². The fourth-order valence-corrected chi connectivity index (χ4v) is 4.02. The summed E-state index contributed by atoms with van der Waals surface area (Å²) in [6, 6.07) is -0.0528. The van der Waals surface area contributed by atoms with Crippen molar-refractivity contribution in [3.8, 4) is 0 Å². The molecule has 0 amide bonds. The van der Waals surface area contributed by atoms with E-state index in [1.165, 1.54) is 6.33 Å². The van der Waals surface area contributed by atoms with Gasteiger partial charge < -0.3 is 9.67 Å².